The molecule has 0 amide bonds. The highest BCUT2D eigenvalue weighted by atomic mass is 35.5. The summed E-state index contributed by atoms with van der Waals surface area (Å²) in [6.07, 6.45) is -2.83. The van der Waals surface area contributed by atoms with Crippen molar-refractivity contribution in [3.8, 4) is 0 Å². The summed E-state index contributed by atoms with van der Waals surface area (Å²) in [5.74, 6) is 0.129. The van der Waals surface area contributed by atoms with E-state index in [2.05, 4.69) is 10.0 Å². The molecule has 0 bridgehead atoms. The van der Waals surface area contributed by atoms with Crippen LogP contribution in [0.15, 0.2) is 23.1 Å². The Hall–Kier alpha value is -0.540. The zero-order valence-electron chi connectivity index (χ0n) is 12.0. The smallest absolute Gasteiger partial charge is 0.316 e. The van der Waals surface area contributed by atoms with Crippen molar-refractivity contribution in [1.29, 1.82) is 0 Å². The number of rotatable bonds is 4. The fourth-order valence-corrected chi connectivity index (χ4v) is 3.78. The number of hydrogen-bond acceptors (Lipinski definition) is 3. The molecule has 1 aliphatic rings. The lowest BCUT2D eigenvalue weighted by Crippen LogP contribution is -2.38. The lowest BCUT2D eigenvalue weighted by atomic mass is 10.0. The first-order chi connectivity index (χ1) is 10.2. The molecule has 0 aromatic heterocycles. The van der Waals surface area contributed by atoms with E-state index in [1.54, 1.807) is 0 Å². The van der Waals surface area contributed by atoms with Gasteiger partial charge in [0.25, 0.3) is 0 Å². The SMILES string of the molecule is Cl.O=S(=O)(NCC1CCCNC1)c1cc(Cl)cc(C(F)(F)F)c1. The van der Waals surface area contributed by atoms with Crippen molar-refractivity contribution in [3.63, 3.8) is 0 Å². The maximum atomic E-state index is 12.7. The van der Waals surface area contributed by atoms with Gasteiger partial charge < -0.3 is 5.32 Å². The number of benzene rings is 1. The molecule has 1 unspecified atom stereocenters. The Kier molecular flexibility index (Phi) is 7.15. The van der Waals surface area contributed by atoms with Gasteiger partial charge in [-0.05, 0) is 50.0 Å². The lowest BCUT2D eigenvalue weighted by molar-refractivity contribution is -0.137. The zero-order chi connectivity index (χ0) is 16.4. The second kappa shape index (κ2) is 8.02. The molecule has 0 radical (unpaired) electrons. The molecule has 23 heavy (non-hydrogen) atoms. The largest absolute Gasteiger partial charge is 0.416 e. The number of nitrogens with one attached hydrogen (secondary N) is 2. The topological polar surface area (TPSA) is 58.2 Å². The summed E-state index contributed by atoms with van der Waals surface area (Å²) in [5.41, 5.74) is -1.08. The Bertz CT molecular complexity index is 633. The molecule has 1 aromatic carbocycles. The van der Waals surface area contributed by atoms with Crippen LogP contribution >= 0.6 is 24.0 Å². The first-order valence-corrected chi connectivity index (χ1v) is 8.63. The van der Waals surface area contributed by atoms with Crippen molar-refractivity contribution in [3.05, 3.63) is 28.8 Å². The fourth-order valence-electron chi connectivity index (χ4n) is 2.29. The van der Waals surface area contributed by atoms with E-state index in [-0.39, 0.29) is 29.9 Å². The molecule has 1 atom stereocenters. The van der Waals surface area contributed by atoms with E-state index in [0.29, 0.717) is 18.7 Å². The molecule has 2 N–H and O–H groups in total. The number of hydrogen-bond donors (Lipinski definition) is 2. The average molecular weight is 393 g/mol. The van der Waals surface area contributed by atoms with Crippen molar-refractivity contribution >= 4 is 34.0 Å². The van der Waals surface area contributed by atoms with Gasteiger partial charge in [0.1, 0.15) is 0 Å². The van der Waals surface area contributed by atoms with Crippen LogP contribution in [-0.4, -0.2) is 28.1 Å². The second-order valence-electron chi connectivity index (χ2n) is 5.24. The summed E-state index contributed by atoms with van der Waals surface area (Å²) in [7, 11) is -4.03. The molecule has 1 saturated heterocycles. The highest BCUT2D eigenvalue weighted by Crippen LogP contribution is 2.33. The second-order valence-corrected chi connectivity index (χ2v) is 7.44. The summed E-state index contributed by atoms with van der Waals surface area (Å²) >= 11 is 5.61. The van der Waals surface area contributed by atoms with Crippen LogP contribution in [0.4, 0.5) is 13.2 Å². The molecule has 2 rings (SSSR count). The van der Waals surface area contributed by atoms with E-state index in [4.69, 9.17) is 11.6 Å². The first kappa shape index (κ1) is 20.5. The quantitative estimate of drug-likeness (QED) is 0.827. The van der Waals surface area contributed by atoms with Crippen molar-refractivity contribution in [1.82, 2.24) is 10.0 Å². The summed E-state index contributed by atoms with van der Waals surface area (Å²) < 4.78 is 64.8. The molecule has 0 saturated carbocycles. The van der Waals surface area contributed by atoms with E-state index < -0.39 is 26.7 Å². The van der Waals surface area contributed by atoms with E-state index in [1.807, 2.05) is 0 Å². The fraction of sp³-hybridized carbons (Fsp3) is 0.538. The molecule has 1 aliphatic heterocycles. The van der Waals surface area contributed by atoms with Gasteiger partial charge in [-0.25, -0.2) is 13.1 Å². The number of alkyl halides is 3. The van der Waals surface area contributed by atoms with Crippen molar-refractivity contribution in [2.45, 2.75) is 23.9 Å². The molecule has 1 heterocycles. The van der Waals surface area contributed by atoms with Crippen LogP contribution < -0.4 is 10.0 Å². The standard InChI is InChI=1S/C13H16ClF3N2O2S.ClH/c14-11-4-10(13(15,16)17)5-12(6-11)22(20,21)19-8-9-2-1-3-18-7-9;/h4-6,9,18-19H,1-3,7-8H2;1H. The van der Waals surface area contributed by atoms with E-state index in [9.17, 15) is 21.6 Å². The maximum Gasteiger partial charge on any atom is 0.416 e. The van der Waals surface area contributed by atoms with Crippen LogP contribution in [-0.2, 0) is 16.2 Å². The summed E-state index contributed by atoms with van der Waals surface area (Å²) in [6, 6.07) is 2.30. The molecule has 1 aromatic rings. The molecule has 132 valence electrons. The highest BCUT2D eigenvalue weighted by molar-refractivity contribution is 7.89. The molecule has 0 spiro atoms. The van der Waals surface area contributed by atoms with Gasteiger partial charge in [-0.15, -0.1) is 12.4 Å². The van der Waals surface area contributed by atoms with Gasteiger partial charge in [0.05, 0.1) is 10.5 Å². The Labute approximate surface area is 144 Å². The summed E-state index contributed by atoms with van der Waals surface area (Å²) in [5, 5.41) is 2.88. The Balaban J connectivity index is 0.00000264. The molecule has 1 fully saturated rings. The van der Waals surface area contributed by atoms with Gasteiger partial charge in [0, 0.05) is 11.6 Å². The Morgan fingerprint density at radius 2 is 2.00 bits per heavy atom. The molecular weight excluding hydrogens is 376 g/mol. The normalized spacial score (nSPS) is 19.2. The molecular formula is C13H17Cl2F3N2O2S. The predicted octanol–water partition coefficient (Wildman–Crippen LogP) is 3.06. The van der Waals surface area contributed by atoms with Gasteiger partial charge in [-0.2, -0.15) is 13.2 Å². The van der Waals surface area contributed by atoms with Gasteiger partial charge in [0.15, 0.2) is 0 Å². The van der Waals surface area contributed by atoms with E-state index in [1.165, 1.54) is 0 Å². The van der Waals surface area contributed by atoms with Gasteiger partial charge in [-0.1, -0.05) is 11.6 Å². The maximum absolute atomic E-state index is 12.7. The van der Waals surface area contributed by atoms with Crippen LogP contribution in [0.3, 0.4) is 0 Å². The lowest BCUT2D eigenvalue weighted by Gasteiger charge is -2.23. The van der Waals surface area contributed by atoms with Gasteiger partial charge in [0.2, 0.25) is 10.0 Å². The number of sulfonamides is 1. The monoisotopic (exact) mass is 392 g/mol. The Morgan fingerprint density at radius 3 is 2.57 bits per heavy atom. The molecule has 0 aliphatic carbocycles. The predicted molar refractivity (Wildman–Crippen MR) is 84.5 cm³/mol. The third kappa shape index (κ3) is 5.79. The third-order valence-electron chi connectivity index (χ3n) is 3.47. The molecule has 10 heteroatoms. The summed E-state index contributed by atoms with van der Waals surface area (Å²) in [4.78, 5) is -0.476. The summed E-state index contributed by atoms with van der Waals surface area (Å²) in [6.45, 7) is 1.77. The van der Waals surface area contributed by atoms with Crippen LogP contribution in [0.25, 0.3) is 0 Å². The minimum absolute atomic E-state index is 0. The first-order valence-electron chi connectivity index (χ1n) is 6.76. The van der Waals surface area contributed by atoms with Crippen LogP contribution in [0, 0.1) is 5.92 Å². The van der Waals surface area contributed by atoms with Crippen molar-refractivity contribution < 1.29 is 21.6 Å². The van der Waals surface area contributed by atoms with Crippen LogP contribution in [0.5, 0.6) is 0 Å². The number of piperidine rings is 1. The van der Waals surface area contributed by atoms with Gasteiger partial charge >= 0.3 is 6.18 Å². The van der Waals surface area contributed by atoms with Crippen LogP contribution in [0.1, 0.15) is 18.4 Å². The van der Waals surface area contributed by atoms with Crippen molar-refractivity contribution in [2.24, 2.45) is 5.92 Å². The zero-order valence-corrected chi connectivity index (χ0v) is 14.4. The van der Waals surface area contributed by atoms with Crippen LogP contribution in [0.2, 0.25) is 5.02 Å². The van der Waals surface area contributed by atoms with E-state index >= 15 is 0 Å². The third-order valence-corrected chi connectivity index (χ3v) is 5.09. The minimum atomic E-state index is -4.65. The number of halogens is 5. The Morgan fingerprint density at radius 1 is 1.30 bits per heavy atom. The minimum Gasteiger partial charge on any atom is -0.316 e. The van der Waals surface area contributed by atoms with Gasteiger partial charge in [-0.3, -0.25) is 0 Å². The highest BCUT2D eigenvalue weighted by Gasteiger charge is 2.32. The van der Waals surface area contributed by atoms with Crippen molar-refractivity contribution in [2.75, 3.05) is 19.6 Å². The average Bonchev–Trinajstić information content (AvgIpc) is 2.45. The van der Waals surface area contributed by atoms with E-state index in [0.717, 1.165) is 25.5 Å². The molecule has 4 nitrogen and oxygen atoms in total.